The summed E-state index contributed by atoms with van der Waals surface area (Å²) in [7, 11) is 2.00. The van der Waals surface area contributed by atoms with Crippen molar-refractivity contribution in [3.8, 4) is 11.1 Å². The van der Waals surface area contributed by atoms with Crippen LogP contribution in [0.25, 0.3) is 11.1 Å². The molecule has 186 valence electrons. The predicted molar refractivity (Wildman–Crippen MR) is 142 cm³/mol. The molecule has 36 heavy (non-hydrogen) atoms. The Morgan fingerprint density at radius 1 is 0.972 bits per heavy atom. The molecule has 3 aromatic carbocycles. The lowest BCUT2D eigenvalue weighted by atomic mass is 9.99. The van der Waals surface area contributed by atoms with Crippen LogP contribution in [0.1, 0.15) is 41.1 Å². The number of thioether (sulfide) groups is 1. The van der Waals surface area contributed by atoms with Gasteiger partial charge in [0.15, 0.2) is 11.4 Å². The molecular formula is C29H31N3O3S. The molecule has 0 amide bonds. The van der Waals surface area contributed by atoms with Crippen LogP contribution in [-0.4, -0.2) is 26.5 Å². The van der Waals surface area contributed by atoms with Gasteiger partial charge in [-0.05, 0) is 39.9 Å². The number of benzene rings is 3. The Morgan fingerprint density at radius 3 is 2.47 bits per heavy atom. The van der Waals surface area contributed by atoms with E-state index in [-0.39, 0.29) is 18.8 Å². The van der Waals surface area contributed by atoms with Gasteiger partial charge in [0.1, 0.15) is 0 Å². The van der Waals surface area contributed by atoms with Crippen LogP contribution >= 0.6 is 11.8 Å². The summed E-state index contributed by atoms with van der Waals surface area (Å²) in [4.78, 5) is 4.44. The van der Waals surface area contributed by atoms with Crippen LogP contribution < -0.4 is 5.73 Å². The number of hydrogen-bond acceptors (Lipinski definition) is 6. The first-order valence-electron chi connectivity index (χ1n) is 12.1. The van der Waals surface area contributed by atoms with E-state index in [0.717, 1.165) is 50.7 Å². The first kappa shape index (κ1) is 24.7. The number of ether oxygens (including phenoxy) is 2. The summed E-state index contributed by atoms with van der Waals surface area (Å²) >= 11 is 1.69. The molecule has 1 saturated heterocycles. The minimum atomic E-state index is -0.495. The van der Waals surface area contributed by atoms with Crippen molar-refractivity contribution in [1.29, 1.82) is 0 Å². The van der Waals surface area contributed by atoms with Crippen molar-refractivity contribution in [3.63, 3.8) is 0 Å². The molecule has 5 rings (SSSR count). The third-order valence-corrected chi connectivity index (χ3v) is 7.64. The van der Waals surface area contributed by atoms with Crippen molar-refractivity contribution in [3.05, 3.63) is 107 Å². The molecule has 0 aliphatic carbocycles. The van der Waals surface area contributed by atoms with Gasteiger partial charge in [-0.1, -0.05) is 72.4 Å². The number of aromatic nitrogens is 2. The van der Waals surface area contributed by atoms with Crippen molar-refractivity contribution in [2.75, 3.05) is 5.75 Å². The van der Waals surface area contributed by atoms with Crippen molar-refractivity contribution in [2.24, 2.45) is 12.8 Å². The van der Waals surface area contributed by atoms with Crippen molar-refractivity contribution in [2.45, 2.75) is 43.2 Å². The lowest BCUT2D eigenvalue weighted by Gasteiger charge is -2.36. The van der Waals surface area contributed by atoms with Crippen molar-refractivity contribution in [1.82, 2.24) is 9.55 Å². The molecule has 0 saturated carbocycles. The van der Waals surface area contributed by atoms with Gasteiger partial charge in [0, 0.05) is 43.7 Å². The summed E-state index contributed by atoms with van der Waals surface area (Å²) < 4.78 is 15.0. The number of nitrogens with two attached hydrogens (primary N) is 1. The zero-order valence-corrected chi connectivity index (χ0v) is 21.1. The van der Waals surface area contributed by atoms with E-state index in [4.69, 9.17) is 15.2 Å². The number of aliphatic hydroxyl groups excluding tert-OH is 1. The van der Waals surface area contributed by atoms with Gasteiger partial charge in [-0.3, -0.25) is 0 Å². The van der Waals surface area contributed by atoms with Crippen LogP contribution in [0, 0.1) is 0 Å². The second-order valence-electron chi connectivity index (χ2n) is 9.01. The summed E-state index contributed by atoms with van der Waals surface area (Å²) in [6.07, 6.45) is 3.87. The Hall–Kier alpha value is -2.94. The number of rotatable bonds is 8. The van der Waals surface area contributed by atoms with Crippen LogP contribution in [-0.2, 0) is 29.7 Å². The Kier molecular flexibility index (Phi) is 7.84. The lowest BCUT2D eigenvalue weighted by molar-refractivity contribution is -0.245. The molecule has 0 bridgehead atoms. The highest BCUT2D eigenvalue weighted by Crippen LogP contribution is 2.40. The van der Waals surface area contributed by atoms with Gasteiger partial charge in [0.2, 0.25) is 0 Å². The summed E-state index contributed by atoms with van der Waals surface area (Å²) in [5.74, 6) is 0.772. The fourth-order valence-corrected chi connectivity index (χ4v) is 5.37. The molecule has 4 aromatic rings. The molecule has 1 aliphatic heterocycles. The molecule has 2 heterocycles. The topological polar surface area (TPSA) is 82.5 Å². The van der Waals surface area contributed by atoms with Gasteiger partial charge >= 0.3 is 0 Å². The molecule has 7 heteroatoms. The Balaban J connectivity index is 1.41. The highest BCUT2D eigenvalue weighted by molar-refractivity contribution is 7.99. The van der Waals surface area contributed by atoms with Gasteiger partial charge in [-0.15, -0.1) is 0 Å². The number of hydrogen-bond donors (Lipinski definition) is 2. The van der Waals surface area contributed by atoms with Crippen LogP contribution in [0.15, 0.2) is 90.3 Å². The highest BCUT2D eigenvalue weighted by atomic mass is 32.2. The van der Waals surface area contributed by atoms with E-state index in [1.54, 1.807) is 11.8 Å². The molecule has 0 spiro atoms. The van der Waals surface area contributed by atoms with Gasteiger partial charge < -0.3 is 24.9 Å². The zero-order valence-electron chi connectivity index (χ0n) is 20.3. The molecule has 3 N–H and O–H groups in total. The molecule has 1 fully saturated rings. The molecule has 3 unspecified atom stereocenters. The smallest absolute Gasteiger partial charge is 0.184 e. The van der Waals surface area contributed by atoms with Crippen molar-refractivity contribution < 1.29 is 14.6 Å². The lowest BCUT2D eigenvalue weighted by Crippen LogP contribution is -2.31. The van der Waals surface area contributed by atoms with Crippen molar-refractivity contribution >= 4 is 11.8 Å². The normalized spacial score (nSPS) is 19.9. The summed E-state index contributed by atoms with van der Waals surface area (Å²) in [6, 6.07) is 24.6. The SMILES string of the molecule is Cn1ccnc1SCC1CC(c2ccc(CO)cc2)OC(c2cccc(-c3cccc(CN)c3)c2)O1. The summed E-state index contributed by atoms with van der Waals surface area (Å²) in [5, 5.41) is 10.4. The molecule has 1 aliphatic rings. The number of aliphatic hydroxyl groups is 1. The van der Waals surface area contributed by atoms with Gasteiger partial charge in [0.25, 0.3) is 0 Å². The standard InChI is InChI=1S/C29H31N3O3S/c1-32-13-12-31-29(32)36-19-26-16-27(22-10-8-20(18-33)9-11-22)35-28(34-26)25-7-3-6-24(15-25)23-5-2-4-21(14-23)17-30/h2-15,26-28,33H,16-19,30H2,1H3. The average Bonchev–Trinajstić information content (AvgIpc) is 3.36. The van der Waals surface area contributed by atoms with Crippen LogP contribution in [0.5, 0.6) is 0 Å². The maximum Gasteiger partial charge on any atom is 0.184 e. The fraction of sp³-hybridized carbons (Fsp3) is 0.276. The maximum atomic E-state index is 9.44. The highest BCUT2D eigenvalue weighted by Gasteiger charge is 2.32. The van der Waals surface area contributed by atoms with Crippen LogP contribution in [0.3, 0.4) is 0 Å². The number of aryl methyl sites for hydroxylation is 1. The molecule has 0 radical (unpaired) electrons. The third-order valence-electron chi connectivity index (χ3n) is 6.45. The second kappa shape index (κ2) is 11.4. The van der Waals surface area contributed by atoms with Gasteiger partial charge in [-0.2, -0.15) is 0 Å². The zero-order chi connectivity index (χ0) is 24.9. The predicted octanol–water partition coefficient (Wildman–Crippen LogP) is 5.38. The first-order valence-corrected chi connectivity index (χ1v) is 13.1. The van der Waals surface area contributed by atoms with E-state index in [0.29, 0.717) is 6.54 Å². The van der Waals surface area contributed by atoms with Gasteiger partial charge in [-0.25, -0.2) is 4.98 Å². The molecule has 3 atom stereocenters. The van der Waals surface area contributed by atoms with Crippen LogP contribution in [0.4, 0.5) is 0 Å². The van der Waals surface area contributed by atoms with E-state index in [2.05, 4.69) is 35.3 Å². The first-order chi connectivity index (χ1) is 17.6. The maximum absolute atomic E-state index is 9.44. The number of nitrogens with zero attached hydrogens (tertiary/aromatic N) is 2. The largest absolute Gasteiger partial charge is 0.392 e. The fourth-order valence-electron chi connectivity index (χ4n) is 4.42. The minimum Gasteiger partial charge on any atom is -0.392 e. The molecule has 6 nitrogen and oxygen atoms in total. The Labute approximate surface area is 216 Å². The quantitative estimate of drug-likeness (QED) is 0.316. The van der Waals surface area contributed by atoms with E-state index < -0.39 is 6.29 Å². The molecular weight excluding hydrogens is 470 g/mol. The Bertz CT molecular complexity index is 1290. The van der Waals surface area contributed by atoms with E-state index in [9.17, 15) is 5.11 Å². The summed E-state index contributed by atoms with van der Waals surface area (Å²) in [5.41, 5.74) is 12.1. The van der Waals surface area contributed by atoms with E-state index in [1.807, 2.05) is 66.5 Å². The second-order valence-corrected chi connectivity index (χ2v) is 10.00. The molecule has 1 aromatic heterocycles. The van der Waals surface area contributed by atoms with Gasteiger partial charge in [0.05, 0.1) is 18.8 Å². The minimum absolute atomic E-state index is 0.0165. The summed E-state index contributed by atoms with van der Waals surface area (Å²) in [6.45, 7) is 0.535. The number of imidazole rings is 1. The average molecular weight is 502 g/mol. The van der Waals surface area contributed by atoms with Crippen LogP contribution in [0.2, 0.25) is 0 Å². The monoisotopic (exact) mass is 501 g/mol. The Morgan fingerprint density at radius 2 is 1.75 bits per heavy atom. The third kappa shape index (κ3) is 5.72. The van der Waals surface area contributed by atoms with E-state index in [1.165, 1.54) is 0 Å². The van der Waals surface area contributed by atoms with E-state index >= 15 is 0 Å².